The highest BCUT2D eigenvalue weighted by Gasteiger charge is 2.11. The van der Waals surface area contributed by atoms with Crippen LogP contribution in [0.5, 0.6) is 0 Å². The molecule has 0 aliphatic heterocycles. The van der Waals surface area contributed by atoms with E-state index in [2.05, 4.69) is 4.98 Å². The van der Waals surface area contributed by atoms with Crippen LogP contribution in [0, 0.1) is 19.7 Å². The molecule has 0 N–H and O–H groups in total. The Balaban J connectivity index is 2.21. The fraction of sp³-hybridized carbons (Fsp3) is 0.200. The lowest BCUT2D eigenvalue weighted by atomic mass is 10.0. The Hall–Kier alpha value is -2.03. The lowest BCUT2D eigenvalue weighted by molar-refractivity contribution is 0.0991. The molecule has 2 nitrogen and oxygen atoms in total. The fourth-order valence-electron chi connectivity index (χ4n) is 1.76. The minimum atomic E-state index is -0.388. The number of pyridine rings is 1. The number of hydrogen-bond acceptors (Lipinski definition) is 2. The van der Waals surface area contributed by atoms with Crippen LogP contribution in [-0.2, 0) is 6.42 Å². The van der Waals surface area contributed by atoms with E-state index < -0.39 is 0 Å². The molecule has 0 saturated heterocycles. The maximum atomic E-state index is 13.1. The van der Waals surface area contributed by atoms with Gasteiger partial charge in [0.05, 0.1) is 6.42 Å². The average molecular weight is 243 g/mol. The summed E-state index contributed by atoms with van der Waals surface area (Å²) in [5, 5.41) is 0. The van der Waals surface area contributed by atoms with Gasteiger partial charge in [0, 0.05) is 17.5 Å². The number of benzene rings is 1. The van der Waals surface area contributed by atoms with Crippen molar-refractivity contribution < 1.29 is 9.18 Å². The van der Waals surface area contributed by atoms with Crippen LogP contribution in [0.3, 0.4) is 0 Å². The number of rotatable bonds is 3. The minimum absolute atomic E-state index is 0.108. The number of carbonyl (C=O) groups is 1. The zero-order chi connectivity index (χ0) is 13.1. The second-order valence-electron chi connectivity index (χ2n) is 4.39. The first-order valence-corrected chi connectivity index (χ1v) is 5.77. The van der Waals surface area contributed by atoms with E-state index in [1.54, 1.807) is 19.2 Å². The van der Waals surface area contributed by atoms with Gasteiger partial charge in [-0.05, 0) is 43.2 Å². The van der Waals surface area contributed by atoms with Gasteiger partial charge in [-0.25, -0.2) is 4.39 Å². The number of ketones is 1. The van der Waals surface area contributed by atoms with E-state index in [0.29, 0.717) is 11.3 Å². The van der Waals surface area contributed by atoms with Crippen LogP contribution in [0.25, 0.3) is 0 Å². The molecule has 1 heterocycles. The van der Waals surface area contributed by atoms with Gasteiger partial charge in [-0.15, -0.1) is 0 Å². The maximum absolute atomic E-state index is 13.1. The molecule has 0 unspecified atom stereocenters. The number of halogens is 1. The Kier molecular flexibility index (Phi) is 3.51. The molecule has 0 spiro atoms. The SMILES string of the molecule is Cc1ccc(CC(=O)c2cc(F)ccc2C)nc1. The first-order chi connectivity index (χ1) is 8.56. The Labute approximate surface area is 105 Å². The topological polar surface area (TPSA) is 30.0 Å². The molecule has 2 rings (SSSR count). The van der Waals surface area contributed by atoms with E-state index in [9.17, 15) is 9.18 Å². The second kappa shape index (κ2) is 5.08. The van der Waals surface area contributed by atoms with E-state index in [4.69, 9.17) is 0 Å². The molecule has 0 radical (unpaired) electrons. The monoisotopic (exact) mass is 243 g/mol. The van der Waals surface area contributed by atoms with E-state index >= 15 is 0 Å². The van der Waals surface area contributed by atoms with Crippen molar-refractivity contribution in [2.75, 3.05) is 0 Å². The Morgan fingerprint density at radius 3 is 2.67 bits per heavy atom. The zero-order valence-corrected chi connectivity index (χ0v) is 10.4. The summed E-state index contributed by atoms with van der Waals surface area (Å²) in [6, 6.07) is 7.99. The van der Waals surface area contributed by atoms with Crippen LogP contribution >= 0.6 is 0 Å². The number of aromatic nitrogens is 1. The zero-order valence-electron chi connectivity index (χ0n) is 10.4. The van der Waals surface area contributed by atoms with Gasteiger partial charge in [-0.1, -0.05) is 12.1 Å². The summed E-state index contributed by atoms with van der Waals surface area (Å²) in [6.45, 7) is 3.74. The third-order valence-electron chi connectivity index (χ3n) is 2.81. The largest absolute Gasteiger partial charge is 0.294 e. The van der Waals surface area contributed by atoms with E-state index in [0.717, 1.165) is 11.1 Å². The molecule has 0 amide bonds. The van der Waals surface area contributed by atoms with E-state index in [-0.39, 0.29) is 18.0 Å². The summed E-state index contributed by atoms with van der Waals surface area (Å²) in [7, 11) is 0. The Morgan fingerprint density at radius 2 is 2.00 bits per heavy atom. The molecular weight excluding hydrogens is 229 g/mol. The second-order valence-corrected chi connectivity index (χ2v) is 4.39. The summed E-state index contributed by atoms with van der Waals surface area (Å²) in [6.07, 6.45) is 1.92. The van der Waals surface area contributed by atoms with Gasteiger partial charge in [-0.3, -0.25) is 9.78 Å². The van der Waals surface area contributed by atoms with Gasteiger partial charge in [0.1, 0.15) is 5.82 Å². The summed E-state index contributed by atoms with van der Waals surface area (Å²) in [5.41, 5.74) is 2.97. The Bertz CT molecular complexity index is 576. The van der Waals surface area contributed by atoms with Crippen molar-refractivity contribution in [3.63, 3.8) is 0 Å². The van der Waals surface area contributed by atoms with Gasteiger partial charge < -0.3 is 0 Å². The molecule has 0 bridgehead atoms. The lowest BCUT2D eigenvalue weighted by Crippen LogP contribution is -2.07. The number of aryl methyl sites for hydroxylation is 2. The van der Waals surface area contributed by atoms with Crippen molar-refractivity contribution in [2.24, 2.45) is 0 Å². The smallest absolute Gasteiger partial charge is 0.169 e. The van der Waals surface area contributed by atoms with E-state index in [1.807, 2.05) is 19.1 Å². The van der Waals surface area contributed by atoms with Crippen molar-refractivity contribution >= 4 is 5.78 Å². The number of Topliss-reactive ketones (excluding diaryl/α,β-unsaturated/α-hetero) is 1. The normalized spacial score (nSPS) is 10.4. The molecule has 1 aromatic heterocycles. The quantitative estimate of drug-likeness (QED) is 0.774. The molecule has 2 aromatic rings. The van der Waals surface area contributed by atoms with Gasteiger partial charge in [0.2, 0.25) is 0 Å². The van der Waals surface area contributed by atoms with Gasteiger partial charge in [0.15, 0.2) is 5.78 Å². The molecule has 0 saturated carbocycles. The molecule has 92 valence electrons. The summed E-state index contributed by atoms with van der Waals surface area (Å²) < 4.78 is 13.1. The highest BCUT2D eigenvalue weighted by molar-refractivity contribution is 5.98. The first kappa shape index (κ1) is 12.4. The van der Waals surface area contributed by atoms with Crippen LogP contribution in [0.1, 0.15) is 27.2 Å². The molecule has 0 fully saturated rings. The molecule has 1 aromatic carbocycles. The van der Waals surface area contributed by atoms with Crippen molar-refractivity contribution in [1.82, 2.24) is 4.98 Å². The molecule has 0 atom stereocenters. The van der Waals surface area contributed by atoms with Crippen molar-refractivity contribution in [3.8, 4) is 0 Å². The summed E-state index contributed by atoms with van der Waals surface area (Å²) >= 11 is 0. The first-order valence-electron chi connectivity index (χ1n) is 5.77. The number of carbonyl (C=O) groups excluding carboxylic acids is 1. The standard InChI is InChI=1S/C15H14FNO/c1-10-3-6-13(17-9-10)8-15(18)14-7-12(16)5-4-11(14)2/h3-7,9H,8H2,1-2H3. The molecule has 3 heteroatoms. The van der Waals surface area contributed by atoms with Crippen molar-refractivity contribution in [3.05, 3.63) is 64.7 Å². The third-order valence-corrected chi connectivity index (χ3v) is 2.81. The molecule has 18 heavy (non-hydrogen) atoms. The van der Waals surface area contributed by atoms with E-state index in [1.165, 1.54) is 12.1 Å². The predicted molar refractivity (Wildman–Crippen MR) is 68.1 cm³/mol. The summed E-state index contributed by atoms with van der Waals surface area (Å²) in [4.78, 5) is 16.2. The number of nitrogens with zero attached hydrogens (tertiary/aromatic N) is 1. The Morgan fingerprint density at radius 1 is 1.22 bits per heavy atom. The highest BCUT2D eigenvalue weighted by Crippen LogP contribution is 2.13. The van der Waals surface area contributed by atoms with Crippen LogP contribution < -0.4 is 0 Å². The van der Waals surface area contributed by atoms with Crippen molar-refractivity contribution in [1.29, 1.82) is 0 Å². The van der Waals surface area contributed by atoms with Crippen LogP contribution in [0.2, 0.25) is 0 Å². The lowest BCUT2D eigenvalue weighted by Gasteiger charge is -2.05. The van der Waals surface area contributed by atoms with Crippen LogP contribution in [0.15, 0.2) is 36.5 Å². The molecular formula is C15H14FNO. The maximum Gasteiger partial charge on any atom is 0.169 e. The predicted octanol–water partition coefficient (Wildman–Crippen LogP) is 3.26. The fourth-order valence-corrected chi connectivity index (χ4v) is 1.76. The van der Waals surface area contributed by atoms with Gasteiger partial charge in [-0.2, -0.15) is 0 Å². The molecule has 0 aliphatic carbocycles. The van der Waals surface area contributed by atoms with Crippen LogP contribution in [-0.4, -0.2) is 10.8 Å². The summed E-state index contributed by atoms with van der Waals surface area (Å²) in [5.74, 6) is -0.496. The molecule has 0 aliphatic rings. The van der Waals surface area contributed by atoms with Gasteiger partial charge in [0.25, 0.3) is 0 Å². The average Bonchev–Trinajstić information content (AvgIpc) is 2.35. The highest BCUT2D eigenvalue weighted by atomic mass is 19.1. The minimum Gasteiger partial charge on any atom is -0.294 e. The van der Waals surface area contributed by atoms with Gasteiger partial charge >= 0.3 is 0 Å². The third kappa shape index (κ3) is 2.80. The number of hydrogen-bond donors (Lipinski definition) is 0. The van der Waals surface area contributed by atoms with Crippen LogP contribution in [0.4, 0.5) is 4.39 Å². The van der Waals surface area contributed by atoms with Crippen molar-refractivity contribution in [2.45, 2.75) is 20.3 Å².